The molecule has 0 aliphatic carbocycles. The Morgan fingerprint density at radius 3 is 2.96 bits per heavy atom. The number of nitrogens with zero attached hydrogens (tertiary/aromatic N) is 2. The average Bonchev–Trinajstić information content (AvgIpc) is 3.06. The van der Waals surface area contributed by atoms with Crippen molar-refractivity contribution in [2.24, 2.45) is 5.92 Å². The van der Waals surface area contributed by atoms with E-state index in [1.807, 2.05) is 6.07 Å². The monoisotopic (exact) mass is 359 g/mol. The predicted octanol–water partition coefficient (Wildman–Crippen LogP) is 2.85. The number of ether oxygens (including phenoxy) is 2. The van der Waals surface area contributed by atoms with E-state index in [1.54, 1.807) is 12.1 Å². The van der Waals surface area contributed by atoms with E-state index in [9.17, 15) is 4.39 Å². The molecule has 3 heterocycles. The number of nitrogens with one attached hydrogen (secondary N) is 1. The number of hydrogen-bond acceptors (Lipinski definition) is 4. The average molecular weight is 359 g/mol. The van der Waals surface area contributed by atoms with E-state index < -0.39 is 0 Å². The van der Waals surface area contributed by atoms with Gasteiger partial charge in [0, 0.05) is 39.0 Å². The molecule has 4 rings (SSSR count). The van der Waals surface area contributed by atoms with Crippen LogP contribution in [0.5, 0.6) is 0 Å². The minimum absolute atomic E-state index is 0.0387. The quantitative estimate of drug-likeness (QED) is 0.862. The summed E-state index contributed by atoms with van der Waals surface area (Å²) in [5, 5.41) is 8.19. The molecule has 1 fully saturated rings. The molecule has 2 aliphatic rings. The second-order valence-corrected chi connectivity index (χ2v) is 7.19. The van der Waals surface area contributed by atoms with E-state index in [-0.39, 0.29) is 11.9 Å². The van der Waals surface area contributed by atoms with Gasteiger partial charge in [-0.1, -0.05) is 12.1 Å². The van der Waals surface area contributed by atoms with Gasteiger partial charge in [0.1, 0.15) is 11.9 Å². The van der Waals surface area contributed by atoms with Crippen LogP contribution in [0.3, 0.4) is 0 Å². The Hall–Kier alpha value is -1.76. The maximum absolute atomic E-state index is 13.3. The maximum Gasteiger partial charge on any atom is 0.123 e. The van der Waals surface area contributed by atoms with Crippen molar-refractivity contribution in [2.45, 2.75) is 38.5 Å². The van der Waals surface area contributed by atoms with E-state index in [2.05, 4.69) is 16.2 Å². The Labute approximate surface area is 153 Å². The van der Waals surface area contributed by atoms with Gasteiger partial charge in [-0.15, -0.1) is 0 Å². The van der Waals surface area contributed by atoms with Crippen LogP contribution in [-0.4, -0.2) is 36.1 Å². The van der Waals surface area contributed by atoms with E-state index in [1.165, 1.54) is 11.6 Å². The first-order valence-electron chi connectivity index (χ1n) is 9.48. The van der Waals surface area contributed by atoms with Crippen LogP contribution in [0.1, 0.15) is 35.8 Å². The fourth-order valence-electron chi connectivity index (χ4n) is 3.77. The van der Waals surface area contributed by atoms with Gasteiger partial charge in [0.15, 0.2) is 0 Å². The molecule has 0 amide bonds. The molecular weight excluding hydrogens is 333 g/mol. The summed E-state index contributed by atoms with van der Waals surface area (Å²) in [6.07, 6.45) is 5.29. The summed E-state index contributed by atoms with van der Waals surface area (Å²) in [6.45, 7) is 4.71. The standard InChI is InChI=1S/C20H26FN3O2/c21-18-3-1-2-16(10-18)11-22-12-19-20-17(6-9-26-19)14-24(23-20)13-15-4-7-25-8-5-15/h1-3,10,14-15,19,22H,4-9,11-13H2/t19-/m1/s1. The molecule has 1 N–H and O–H groups in total. The molecule has 0 spiro atoms. The molecule has 1 saturated heterocycles. The molecule has 0 bridgehead atoms. The van der Waals surface area contributed by atoms with E-state index in [0.717, 1.165) is 56.9 Å². The van der Waals surface area contributed by atoms with Crippen LogP contribution >= 0.6 is 0 Å². The van der Waals surface area contributed by atoms with Gasteiger partial charge in [-0.05, 0) is 48.4 Å². The van der Waals surface area contributed by atoms with Crippen molar-refractivity contribution >= 4 is 0 Å². The molecule has 0 saturated carbocycles. The van der Waals surface area contributed by atoms with Crippen molar-refractivity contribution in [1.29, 1.82) is 0 Å². The molecule has 1 aromatic heterocycles. The molecular formula is C20H26FN3O2. The summed E-state index contributed by atoms with van der Waals surface area (Å²) in [5.74, 6) is 0.447. The fraction of sp³-hybridized carbons (Fsp3) is 0.550. The number of benzene rings is 1. The van der Waals surface area contributed by atoms with Gasteiger partial charge in [-0.3, -0.25) is 4.68 Å². The SMILES string of the molecule is Fc1cccc(CNC[C@H]2OCCc3cn(CC4CCOCC4)nc32)c1. The molecule has 6 heteroatoms. The minimum Gasteiger partial charge on any atom is -0.381 e. The summed E-state index contributed by atoms with van der Waals surface area (Å²) >= 11 is 0. The van der Waals surface area contributed by atoms with Crippen LogP contribution < -0.4 is 5.32 Å². The van der Waals surface area contributed by atoms with E-state index in [0.29, 0.717) is 19.0 Å². The second-order valence-electron chi connectivity index (χ2n) is 7.19. The first-order chi connectivity index (χ1) is 12.8. The van der Waals surface area contributed by atoms with E-state index in [4.69, 9.17) is 14.6 Å². The van der Waals surface area contributed by atoms with Gasteiger partial charge in [0.2, 0.25) is 0 Å². The summed E-state index contributed by atoms with van der Waals surface area (Å²) in [4.78, 5) is 0. The highest BCUT2D eigenvalue weighted by atomic mass is 19.1. The zero-order chi connectivity index (χ0) is 17.8. The van der Waals surface area contributed by atoms with Crippen molar-refractivity contribution in [3.8, 4) is 0 Å². The predicted molar refractivity (Wildman–Crippen MR) is 96.3 cm³/mol. The molecule has 2 aliphatic heterocycles. The number of fused-ring (bicyclic) bond motifs is 1. The zero-order valence-corrected chi connectivity index (χ0v) is 15.0. The molecule has 0 radical (unpaired) electrons. The minimum atomic E-state index is -0.202. The van der Waals surface area contributed by atoms with Gasteiger partial charge < -0.3 is 14.8 Å². The molecule has 1 atom stereocenters. The Morgan fingerprint density at radius 2 is 2.12 bits per heavy atom. The highest BCUT2D eigenvalue weighted by Crippen LogP contribution is 2.26. The first kappa shape index (κ1) is 17.6. The maximum atomic E-state index is 13.3. The lowest BCUT2D eigenvalue weighted by molar-refractivity contribution is 0.0388. The zero-order valence-electron chi connectivity index (χ0n) is 15.0. The molecule has 26 heavy (non-hydrogen) atoms. The normalized spacial score (nSPS) is 20.9. The lowest BCUT2D eigenvalue weighted by Gasteiger charge is -2.22. The van der Waals surface area contributed by atoms with Crippen LogP contribution in [0.4, 0.5) is 4.39 Å². The topological polar surface area (TPSA) is 48.3 Å². The van der Waals surface area contributed by atoms with Crippen molar-refractivity contribution < 1.29 is 13.9 Å². The second kappa shape index (κ2) is 8.29. The van der Waals surface area contributed by atoms with E-state index >= 15 is 0 Å². The molecule has 0 unspecified atom stereocenters. The number of halogens is 1. The highest BCUT2D eigenvalue weighted by Gasteiger charge is 2.25. The number of aromatic nitrogens is 2. The summed E-state index contributed by atoms with van der Waals surface area (Å²) in [7, 11) is 0. The van der Waals surface area contributed by atoms with Crippen molar-refractivity contribution in [2.75, 3.05) is 26.4 Å². The third kappa shape index (κ3) is 4.31. The third-order valence-electron chi connectivity index (χ3n) is 5.20. The first-order valence-corrected chi connectivity index (χ1v) is 9.48. The fourth-order valence-corrected chi connectivity index (χ4v) is 3.77. The number of hydrogen-bond donors (Lipinski definition) is 1. The van der Waals surface area contributed by atoms with Crippen molar-refractivity contribution in [1.82, 2.24) is 15.1 Å². The van der Waals surface area contributed by atoms with Gasteiger partial charge in [0.05, 0.1) is 12.3 Å². The van der Waals surface area contributed by atoms with Crippen LogP contribution in [0.25, 0.3) is 0 Å². The lowest BCUT2D eigenvalue weighted by atomic mass is 10.0. The Balaban J connectivity index is 1.35. The van der Waals surface area contributed by atoms with Gasteiger partial charge >= 0.3 is 0 Å². The molecule has 1 aromatic carbocycles. The Kier molecular flexibility index (Phi) is 5.62. The third-order valence-corrected chi connectivity index (χ3v) is 5.20. The lowest BCUT2D eigenvalue weighted by Crippen LogP contribution is -2.27. The smallest absolute Gasteiger partial charge is 0.123 e. The molecule has 5 nitrogen and oxygen atoms in total. The molecule has 2 aromatic rings. The Morgan fingerprint density at radius 1 is 1.23 bits per heavy atom. The van der Waals surface area contributed by atoms with Crippen molar-refractivity contribution in [3.05, 3.63) is 53.1 Å². The van der Waals surface area contributed by atoms with Gasteiger partial charge in [-0.25, -0.2) is 4.39 Å². The summed E-state index contributed by atoms with van der Waals surface area (Å²) in [5.41, 5.74) is 3.28. The van der Waals surface area contributed by atoms with Crippen LogP contribution in [0, 0.1) is 11.7 Å². The number of rotatable bonds is 6. The largest absolute Gasteiger partial charge is 0.381 e. The van der Waals surface area contributed by atoms with Crippen LogP contribution in [0.15, 0.2) is 30.5 Å². The summed E-state index contributed by atoms with van der Waals surface area (Å²) < 4.78 is 26.7. The Bertz CT molecular complexity index is 728. The van der Waals surface area contributed by atoms with Gasteiger partial charge in [-0.2, -0.15) is 5.10 Å². The van der Waals surface area contributed by atoms with Crippen molar-refractivity contribution in [3.63, 3.8) is 0 Å². The molecule has 140 valence electrons. The van der Waals surface area contributed by atoms with Crippen LogP contribution in [-0.2, 0) is 29.0 Å². The summed E-state index contributed by atoms with van der Waals surface area (Å²) in [6, 6.07) is 6.68. The highest BCUT2D eigenvalue weighted by molar-refractivity contribution is 5.22. The van der Waals surface area contributed by atoms with Crippen LogP contribution in [0.2, 0.25) is 0 Å². The van der Waals surface area contributed by atoms with Gasteiger partial charge in [0.25, 0.3) is 0 Å².